The standard InChI is InChI=1S/C20H14O7/c1-8-6-13(9-2-3-11(17(21)22)14(7-9)18(23)24)15-10(8)4-5-12-16(15)20(26)27-19(12)25/h2-5,7-8,13H,6H2,1H3,(H,21,22)(H,23,24). The fraction of sp³-hybridized carbons (Fsp3) is 0.200. The molecule has 2 aromatic rings. The first-order chi connectivity index (χ1) is 12.8. The number of cyclic esters (lactones) is 2. The first-order valence-corrected chi connectivity index (χ1v) is 8.33. The molecule has 0 saturated carbocycles. The highest BCUT2D eigenvalue weighted by atomic mass is 16.6. The van der Waals surface area contributed by atoms with Crippen LogP contribution in [0.25, 0.3) is 0 Å². The van der Waals surface area contributed by atoms with Gasteiger partial charge in [-0.15, -0.1) is 0 Å². The molecule has 2 N–H and O–H groups in total. The molecule has 0 spiro atoms. The summed E-state index contributed by atoms with van der Waals surface area (Å²) in [7, 11) is 0. The third-order valence-corrected chi connectivity index (χ3v) is 5.26. The summed E-state index contributed by atoms with van der Waals surface area (Å²) < 4.78 is 4.74. The Labute approximate surface area is 153 Å². The summed E-state index contributed by atoms with van der Waals surface area (Å²) in [6.45, 7) is 1.98. The highest BCUT2D eigenvalue weighted by Crippen LogP contribution is 2.48. The number of ether oxygens (including phenoxy) is 1. The molecule has 1 heterocycles. The molecular weight excluding hydrogens is 352 g/mol. The quantitative estimate of drug-likeness (QED) is 0.633. The van der Waals surface area contributed by atoms with E-state index in [1.807, 2.05) is 6.92 Å². The van der Waals surface area contributed by atoms with Crippen LogP contribution in [0.3, 0.4) is 0 Å². The predicted molar refractivity (Wildman–Crippen MR) is 91.4 cm³/mol. The molecular formula is C20H14O7. The van der Waals surface area contributed by atoms with Gasteiger partial charge < -0.3 is 14.9 Å². The first kappa shape index (κ1) is 17.0. The summed E-state index contributed by atoms with van der Waals surface area (Å²) in [4.78, 5) is 46.9. The Balaban J connectivity index is 1.91. The van der Waals surface area contributed by atoms with Crippen molar-refractivity contribution in [2.45, 2.75) is 25.2 Å². The third kappa shape index (κ3) is 2.43. The Kier molecular flexibility index (Phi) is 3.62. The molecule has 0 fully saturated rings. The van der Waals surface area contributed by atoms with Crippen LogP contribution in [0.5, 0.6) is 0 Å². The number of hydrogen-bond acceptors (Lipinski definition) is 5. The molecule has 2 atom stereocenters. The van der Waals surface area contributed by atoms with Gasteiger partial charge in [-0.3, -0.25) is 0 Å². The average Bonchev–Trinajstić information content (AvgIpc) is 3.11. The van der Waals surface area contributed by atoms with Crippen LogP contribution in [-0.2, 0) is 4.74 Å². The van der Waals surface area contributed by atoms with E-state index < -0.39 is 23.9 Å². The molecule has 0 amide bonds. The summed E-state index contributed by atoms with van der Waals surface area (Å²) in [5.41, 5.74) is 1.98. The Hall–Kier alpha value is -3.48. The van der Waals surface area contributed by atoms with Gasteiger partial charge in [0.15, 0.2) is 0 Å². The largest absolute Gasteiger partial charge is 0.478 e. The van der Waals surface area contributed by atoms with E-state index in [1.54, 1.807) is 18.2 Å². The molecule has 0 saturated heterocycles. The van der Waals surface area contributed by atoms with Crippen molar-refractivity contribution in [3.8, 4) is 0 Å². The van der Waals surface area contributed by atoms with Crippen LogP contribution in [0.4, 0.5) is 0 Å². The number of carboxylic acid groups (broad SMARTS) is 2. The maximum Gasteiger partial charge on any atom is 0.347 e. The molecule has 0 bridgehead atoms. The SMILES string of the molecule is CC1CC(c2ccc(C(=O)O)c(C(=O)O)c2)c2c1ccc1c2C(=O)OC1=O. The number of carboxylic acids is 2. The van der Waals surface area contributed by atoms with Crippen LogP contribution < -0.4 is 0 Å². The number of benzene rings is 2. The molecule has 2 aromatic carbocycles. The van der Waals surface area contributed by atoms with Gasteiger partial charge >= 0.3 is 23.9 Å². The number of esters is 2. The molecule has 7 nitrogen and oxygen atoms in total. The van der Waals surface area contributed by atoms with Crippen LogP contribution >= 0.6 is 0 Å². The van der Waals surface area contributed by atoms with Crippen LogP contribution in [0.2, 0.25) is 0 Å². The van der Waals surface area contributed by atoms with E-state index in [9.17, 15) is 29.4 Å². The van der Waals surface area contributed by atoms with Gasteiger partial charge in [-0.25, -0.2) is 19.2 Å². The van der Waals surface area contributed by atoms with Crippen LogP contribution in [0, 0.1) is 0 Å². The molecule has 2 aliphatic rings. The number of fused-ring (bicyclic) bond motifs is 3. The van der Waals surface area contributed by atoms with Gasteiger partial charge in [-0.1, -0.05) is 19.1 Å². The highest BCUT2D eigenvalue weighted by molar-refractivity contribution is 6.16. The lowest BCUT2D eigenvalue weighted by Gasteiger charge is -2.15. The predicted octanol–water partition coefficient (Wildman–Crippen LogP) is 3.03. The Bertz CT molecular complexity index is 1050. The van der Waals surface area contributed by atoms with Gasteiger partial charge in [0, 0.05) is 5.92 Å². The molecule has 27 heavy (non-hydrogen) atoms. The van der Waals surface area contributed by atoms with Crippen molar-refractivity contribution in [3.63, 3.8) is 0 Å². The Morgan fingerprint density at radius 3 is 2.37 bits per heavy atom. The number of aromatic carboxylic acids is 2. The molecule has 0 radical (unpaired) electrons. The lowest BCUT2D eigenvalue weighted by molar-refractivity contribution is 0.0442. The zero-order valence-corrected chi connectivity index (χ0v) is 14.2. The summed E-state index contributed by atoms with van der Waals surface area (Å²) >= 11 is 0. The summed E-state index contributed by atoms with van der Waals surface area (Å²) in [5, 5.41) is 18.6. The zero-order chi connectivity index (χ0) is 19.5. The van der Waals surface area contributed by atoms with Crippen molar-refractivity contribution in [2.24, 2.45) is 0 Å². The smallest absolute Gasteiger partial charge is 0.347 e. The molecule has 4 rings (SSSR count). The molecule has 0 aromatic heterocycles. The number of carbonyl (C=O) groups is 4. The molecule has 2 unspecified atom stereocenters. The second-order valence-corrected chi connectivity index (χ2v) is 6.77. The van der Waals surface area contributed by atoms with Crippen molar-refractivity contribution in [1.29, 1.82) is 0 Å². The van der Waals surface area contributed by atoms with E-state index in [0.717, 1.165) is 5.56 Å². The van der Waals surface area contributed by atoms with Gasteiger partial charge in [0.1, 0.15) is 0 Å². The Morgan fingerprint density at radius 1 is 1.00 bits per heavy atom. The highest BCUT2D eigenvalue weighted by Gasteiger charge is 2.40. The topological polar surface area (TPSA) is 118 Å². The summed E-state index contributed by atoms with van der Waals surface area (Å²) in [5.74, 6) is -4.30. The minimum Gasteiger partial charge on any atom is -0.478 e. The van der Waals surface area contributed by atoms with Crippen molar-refractivity contribution in [1.82, 2.24) is 0 Å². The summed E-state index contributed by atoms with van der Waals surface area (Å²) in [6.07, 6.45) is 0.610. The van der Waals surface area contributed by atoms with Gasteiger partial charge in [-0.2, -0.15) is 0 Å². The first-order valence-electron chi connectivity index (χ1n) is 8.33. The van der Waals surface area contributed by atoms with E-state index in [0.29, 0.717) is 17.5 Å². The van der Waals surface area contributed by atoms with Crippen molar-refractivity contribution >= 4 is 23.9 Å². The maximum atomic E-state index is 12.2. The van der Waals surface area contributed by atoms with Crippen LogP contribution in [0.15, 0.2) is 30.3 Å². The number of hydrogen-bond donors (Lipinski definition) is 2. The molecule has 7 heteroatoms. The molecule has 1 aliphatic heterocycles. The van der Waals surface area contributed by atoms with Gasteiger partial charge in [0.25, 0.3) is 0 Å². The van der Waals surface area contributed by atoms with Crippen molar-refractivity contribution in [3.05, 3.63) is 69.3 Å². The van der Waals surface area contributed by atoms with E-state index in [1.165, 1.54) is 12.1 Å². The second kappa shape index (κ2) is 5.77. The molecule has 136 valence electrons. The van der Waals surface area contributed by atoms with Gasteiger partial charge in [-0.05, 0) is 47.2 Å². The fourth-order valence-electron chi connectivity index (χ4n) is 4.06. The number of carbonyl (C=O) groups excluding carboxylic acids is 2. The van der Waals surface area contributed by atoms with E-state index in [2.05, 4.69) is 0 Å². The lowest BCUT2D eigenvalue weighted by Crippen LogP contribution is -2.11. The second-order valence-electron chi connectivity index (χ2n) is 6.77. The monoisotopic (exact) mass is 366 g/mol. The van der Waals surface area contributed by atoms with E-state index in [-0.39, 0.29) is 34.1 Å². The molecule has 1 aliphatic carbocycles. The Morgan fingerprint density at radius 2 is 1.70 bits per heavy atom. The van der Waals surface area contributed by atoms with Crippen LogP contribution in [-0.4, -0.2) is 34.1 Å². The van der Waals surface area contributed by atoms with Crippen molar-refractivity contribution in [2.75, 3.05) is 0 Å². The van der Waals surface area contributed by atoms with E-state index >= 15 is 0 Å². The van der Waals surface area contributed by atoms with Gasteiger partial charge in [0.05, 0.1) is 22.3 Å². The fourth-order valence-corrected chi connectivity index (χ4v) is 4.06. The van der Waals surface area contributed by atoms with Gasteiger partial charge in [0.2, 0.25) is 0 Å². The minimum atomic E-state index is -1.34. The summed E-state index contributed by atoms with van der Waals surface area (Å²) in [6, 6.07) is 7.53. The van der Waals surface area contributed by atoms with Crippen LogP contribution in [0.1, 0.15) is 83.3 Å². The normalized spacial score (nSPS) is 20.2. The average molecular weight is 366 g/mol. The third-order valence-electron chi connectivity index (χ3n) is 5.26. The maximum absolute atomic E-state index is 12.2. The van der Waals surface area contributed by atoms with Crippen molar-refractivity contribution < 1.29 is 34.1 Å². The zero-order valence-electron chi connectivity index (χ0n) is 14.2. The van der Waals surface area contributed by atoms with E-state index in [4.69, 9.17) is 4.74 Å². The minimum absolute atomic E-state index is 0.0891. The lowest BCUT2D eigenvalue weighted by atomic mass is 9.86. The number of rotatable bonds is 3.